The zero-order chi connectivity index (χ0) is 70.8. The van der Waals surface area contributed by atoms with Crippen molar-refractivity contribution in [2.45, 2.75) is 335 Å². The van der Waals surface area contributed by atoms with Crippen LogP contribution in [0.4, 0.5) is 4.79 Å². The van der Waals surface area contributed by atoms with Crippen LogP contribution in [0.25, 0.3) is 0 Å². The van der Waals surface area contributed by atoms with Gasteiger partial charge in [0.15, 0.2) is 11.9 Å². The Bertz CT molecular complexity index is 2640. The Labute approximate surface area is 581 Å². The van der Waals surface area contributed by atoms with E-state index in [4.69, 9.17) is 33.2 Å². The fraction of sp³-hybridized carbons (Fsp3) is 0.759. The van der Waals surface area contributed by atoms with Gasteiger partial charge in [-0.05, 0) is 146 Å². The summed E-state index contributed by atoms with van der Waals surface area (Å²) >= 11 is 0. The molecule has 4 N–H and O–H groups in total. The van der Waals surface area contributed by atoms with Crippen LogP contribution in [0.1, 0.15) is 292 Å². The third-order valence-corrected chi connectivity index (χ3v) is 20.6. The summed E-state index contributed by atoms with van der Waals surface area (Å²) in [5.41, 5.74) is -2.53. The van der Waals surface area contributed by atoms with Crippen LogP contribution in [0.2, 0.25) is 0 Å². The number of ether oxygens (including phenoxy) is 7. The number of carbonyl (C=O) groups is 7. The van der Waals surface area contributed by atoms with Crippen molar-refractivity contribution in [3.8, 4) is 0 Å². The molecule has 0 spiro atoms. The van der Waals surface area contributed by atoms with Gasteiger partial charge in [-0.2, -0.15) is 0 Å². The van der Waals surface area contributed by atoms with Crippen molar-refractivity contribution in [2.24, 2.45) is 28.6 Å². The van der Waals surface area contributed by atoms with Crippen LogP contribution in [0, 0.1) is 28.6 Å². The van der Waals surface area contributed by atoms with Gasteiger partial charge in [-0.25, -0.2) is 9.59 Å². The van der Waals surface area contributed by atoms with Crippen LogP contribution in [0.5, 0.6) is 0 Å². The van der Waals surface area contributed by atoms with E-state index in [0.717, 1.165) is 77.0 Å². The Morgan fingerprint density at radius 1 is 0.619 bits per heavy atom. The van der Waals surface area contributed by atoms with Crippen molar-refractivity contribution in [2.75, 3.05) is 19.8 Å². The number of allylic oxidation sites excluding steroid dienone is 4. The monoisotopic (exact) mass is 1360 g/mol. The second kappa shape index (κ2) is 43.3. The van der Waals surface area contributed by atoms with Crippen LogP contribution >= 0.6 is 0 Å². The molecule has 3 unspecified atom stereocenters. The van der Waals surface area contributed by atoms with Gasteiger partial charge in [-0.3, -0.25) is 24.0 Å². The van der Waals surface area contributed by atoms with Gasteiger partial charge in [0.05, 0.1) is 43.2 Å². The number of hydrogen-bond donors (Lipinski definition) is 4. The second-order valence-electron chi connectivity index (χ2n) is 29.8. The molecule has 18 nitrogen and oxygen atoms in total. The molecule has 1 amide bonds. The topological polar surface area (TPSA) is 257 Å². The van der Waals surface area contributed by atoms with E-state index in [1.807, 2.05) is 13.8 Å². The number of carbonyl (C=O) groups excluding carboxylic acids is 7. The van der Waals surface area contributed by atoms with Crippen LogP contribution in [0.3, 0.4) is 0 Å². The number of nitrogens with one attached hydrogen (secondary N) is 1. The molecule has 1 saturated heterocycles. The lowest BCUT2D eigenvalue weighted by molar-refractivity contribution is -0.225. The highest BCUT2D eigenvalue weighted by Crippen LogP contribution is 2.57. The molecular weight excluding hydrogens is 1230 g/mol. The van der Waals surface area contributed by atoms with Crippen LogP contribution in [-0.2, 0) is 61.9 Å². The molecule has 1 aliphatic heterocycles. The fourth-order valence-corrected chi connectivity index (χ4v) is 14.8. The number of amides is 1. The number of Topliss-reactive ketones (excluding diaryl/α,β-unsaturated/α-hetero) is 1. The lowest BCUT2D eigenvalue weighted by Crippen LogP contribution is -2.63. The Hall–Kier alpha value is -5.43. The molecule has 3 aliphatic carbocycles. The molecule has 18 heteroatoms. The van der Waals surface area contributed by atoms with Gasteiger partial charge >= 0.3 is 35.9 Å². The summed E-state index contributed by atoms with van der Waals surface area (Å²) in [6.07, 6.45) is 28.5. The highest BCUT2D eigenvalue weighted by Gasteiger charge is 2.62. The first-order valence-electron chi connectivity index (χ1n) is 37.6. The molecule has 0 radical (unpaired) electrons. The number of unbranched alkanes of at least 4 members (excludes halogenated alkanes) is 22. The van der Waals surface area contributed by atoms with E-state index < -0.39 is 126 Å². The van der Waals surface area contributed by atoms with Crippen LogP contribution in [-0.4, -0.2) is 125 Å². The largest absolute Gasteiger partial charge is 0.462 e. The van der Waals surface area contributed by atoms with Gasteiger partial charge in [-0.1, -0.05) is 185 Å². The number of aliphatic hydroxyl groups is 3. The summed E-state index contributed by atoms with van der Waals surface area (Å²) in [4.78, 5) is 97.7. The van der Waals surface area contributed by atoms with Gasteiger partial charge in [0, 0.05) is 31.6 Å². The van der Waals surface area contributed by atoms with E-state index in [1.54, 1.807) is 65.0 Å². The molecule has 3 fully saturated rings. The van der Waals surface area contributed by atoms with Crippen LogP contribution in [0.15, 0.2) is 65.8 Å². The summed E-state index contributed by atoms with van der Waals surface area (Å²) in [6.45, 7) is 16.0. The summed E-state index contributed by atoms with van der Waals surface area (Å²) in [5, 5.41) is 39.0. The lowest BCUT2D eigenvalue weighted by atomic mass is 9.55. The molecule has 1 aromatic carbocycles. The Balaban J connectivity index is 1.24. The smallest absolute Gasteiger partial charge is 0.408 e. The summed E-state index contributed by atoms with van der Waals surface area (Å²) < 4.78 is 40.6. The van der Waals surface area contributed by atoms with E-state index >= 15 is 4.79 Å². The van der Waals surface area contributed by atoms with Gasteiger partial charge < -0.3 is 53.8 Å². The van der Waals surface area contributed by atoms with E-state index in [0.29, 0.717) is 43.4 Å². The van der Waals surface area contributed by atoms with Gasteiger partial charge in [0.25, 0.3) is 0 Å². The maximum absolute atomic E-state index is 15.1. The van der Waals surface area contributed by atoms with Crippen molar-refractivity contribution < 1.29 is 82.0 Å². The molecule has 4 aliphatic rings. The maximum atomic E-state index is 15.1. The summed E-state index contributed by atoms with van der Waals surface area (Å²) in [5.74, 6) is -5.56. The molecule has 0 aromatic heterocycles. The molecule has 1 heterocycles. The summed E-state index contributed by atoms with van der Waals surface area (Å²) in [7, 11) is 0. The first-order chi connectivity index (χ1) is 46.4. The predicted octanol–water partition coefficient (Wildman–Crippen LogP) is 15.8. The third kappa shape index (κ3) is 27.6. The van der Waals surface area contributed by atoms with Crippen molar-refractivity contribution in [1.82, 2.24) is 5.32 Å². The molecule has 5 rings (SSSR count). The molecule has 12 atom stereocenters. The number of fused-ring (bicyclic) bond motifs is 5. The number of esters is 5. The number of rotatable bonds is 44. The molecule has 2 saturated carbocycles. The number of alkyl carbamates (subject to hydrolysis) is 1. The van der Waals surface area contributed by atoms with E-state index in [-0.39, 0.29) is 55.8 Å². The Morgan fingerprint density at radius 2 is 1.09 bits per heavy atom. The average molecular weight is 1360 g/mol. The standard InChI is InChI=1S/C79H125NO17/c1-10-12-14-16-18-20-22-24-26-28-30-32-34-36-41-45-66(83)92-53-58(94-68(85)46-42-37-35-33-31-29-27-25-23-21-19-17-15-13-11-2)54-93-67(84)49-50-69(86)96-73(71(57-43-39-38-40-44-57)80-76(90)97-77(4,5)6)75(89)95-63-51-62(81)61-48-47-60-59-55-91-64(59)52-65(82)79(60,9)74(88)72(87)70(56(63)3)78(61,7)8/h24-27,38-40,43-44,58-65,71-73,81-82,87H,10-23,28-37,41-42,45-55H2,1-9H3,(H,80,90)/b26-24-,27-25-/t58?,59-,60+,61?,62?,63-,64+,65-,71-,72+,73+,79-/m0/s1. The van der Waals surface area contributed by atoms with Crippen molar-refractivity contribution in [1.29, 1.82) is 0 Å². The zero-order valence-electron chi connectivity index (χ0n) is 60.8. The quantitative estimate of drug-likeness (QED) is 0.0205. The number of benzene rings is 1. The van der Waals surface area contributed by atoms with Gasteiger partial charge in [0.2, 0.25) is 6.10 Å². The number of hydrogen-bond acceptors (Lipinski definition) is 17. The molecule has 548 valence electrons. The normalized spacial score (nSPS) is 24.1. The van der Waals surface area contributed by atoms with Gasteiger partial charge in [-0.15, -0.1) is 0 Å². The van der Waals surface area contributed by atoms with E-state index in [2.05, 4.69) is 43.5 Å². The maximum Gasteiger partial charge on any atom is 0.408 e. The Kier molecular flexibility index (Phi) is 36.7. The summed E-state index contributed by atoms with van der Waals surface area (Å²) in [6, 6.07) is 6.77. The molecular formula is C79H125NO17. The lowest BCUT2D eigenvalue weighted by Gasteiger charge is -2.56. The van der Waals surface area contributed by atoms with Gasteiger partial charge in [0.1, 0.15) is 37.1 Å². The fourth-order valence-electron chi connectivity index (χ4n) is 14.8. The molecule has 1 aromatic rings. The third-order valence-electron chi connectivity index (χ3n) is 20.6. The van der Waals surface area contributed by atoms with Crippen molar-refractivity contribution in [3.05, 3.63) is 71.3 Å². The first kappa shape index (κ1) is 82.2. The first-order valence-corrected chi connectivity index (χ1v) is 37.6. The predicted molar refractivity (Wildman–Crippen MR) is 375 cm³/mol. The minimum absolute atomic E-state index is 0.00754. The highest BCUT2D eigenvalue weighted by atomic mass is 16.6. The van der Waals surface area contributed by atoms with Crippen molar-refractivity contribution in [3.63, 3.8) is 0 Å². The Morgan fingerprint density at radius 3 is 1.61 bits per heavy atom. The SMILES string of the molecule is CCCCCCCC/C=C\CCCCCCCC(=O)OCC(COC(=O)CCC(=O)O[C@@H](C(=O)O[C@H]1CC(O)C2CC[C@@H]3[C@@H]4CO[C@@H]4C[C@H](O)[C@@]3(C)C(=O)[C@H](O)C(=C1C)C2(C)C)[C@@H](NC(=O)OC(C)(C)C)c1ccccc1)OC(=O)CCCCCCC/C=C\CCCCCCCC. The minimum atomic E-state index is -1.95. The average Bonchev–Trinajstić information content (AvgIpc) is 1.70. The second-order valence-corrected chi connectivity index (χ2v) is 29.8. The van der Waals surface area contributed by atoms with E-state index in [9.17, 15) is 44.1 Å². The van der Waals surface area contributed by atoms with Crippen LogP contribution < -0.4 is 5.32 Å². The molecule has 2 bridgehead atoms. The number of aliphatic hydroxyl groups excluding tert-OH is 3. The minimum Gasteiger partial charge on any atom is -0.462 e. The molecule has 97 heavy (non-hydrogen) atoms. The zero-order valence-corrected chi connectivity index (χ0v) is 60.8. The van der Waals surface area contributed by atoms with E-state index in [1.165, 1.54) is 77.0 Å². The highest BCUT2D eigenvalue weighted by molar-refractivity contribution is 5.92. The van der Waals surface area contributed by atoms with Crippen molar-refractivity contribution >= 4 is 41.7 Å². The number of ketones is 1.